The Kier molecular flexibility index (Phi) is 3.31. The van der Waals surface area contributed by atoms with Gasteiger partial charge in [-0.1, -0.05) is 12.1 Å². The fourth-order valence-corrected chi connectivity index (χ4v) is 1.53. The van der Waals surface area contributed by atoms with Crippen LogP contribution in [0.5, 0.6) is 5.88 Å². The van der Waals surface area contributed by atoms with Crippen LogP contribution in [-0.2, 0) is 0 Å². The smallest absolute Gasteiger partial charge is 0.233 e. The van der Waals surface area contributed by atoms with Crippen molar-refractivity contribution in [3.63, 3.8) is 0 Å². The van der Waals surface area contributed by atoms with Gasteiger partial charge in [0.2, 0.25) is 5.88 Å². The Morgan fingerprint density at radius 3 is 2.81 bits per heavy atom. The van der Waals surface area contributed by atoms with Gasteiger partial charge in [-0.3, -0.25) is 0 Å². The molecule has 1 atom stereocenters. The largest absolute Gasteiger partial charge is 0.472 e. The first-order valence-corrected chi connectivity index (χ1v) is 5.32. The highest BCUT2D eigenvalue weighted by atomic mass is 16.5. The lowest BCUT2D eigenvalue weighted by molar-refractivity contribution is 0.212. The second-order valence-corrected chi connectivity index (χ2v) is 3.68. The van der Waals surface area contributed by atoms with Gasteiger partial charge in [-0.15, -0.1) is 0 Å². The Balaban J connectivity index is 2.19. The minimum absolute atomic E-state index is 0.0838. The molecule has 1 aromatic heterocycles. The van der Waals surface area contributed by atoms with Crippen LogP contribution < -0.4 is 10.1 Å². The zero-order valence-corrected chi connectivity index (χ0v) is 9.47. The molecule has 0 aliphatic heterocycles. The van der Waals surface area contributed by atoms with E-state index >= 15 is 0 Å². The highest BCUT2D eigenvalue weighted by Crippen LogP contribution is 2.13. The van der Waals surface area contributed by atoms with Crippen molar-refractivity contribution >= 4 is 11.0 Å². The molecule has 4 heteroatoms. The fraction of sp³-hybridized carbons (Fsp3) is 0.333. The summed E-state index contributed by atoms with van der Waals surface area (Å²) in [5, 5.41) is 3.05. The first kappa shape index (κ1) is 10.8. The quantitative estimate of drug-likeness (QED) is 0.845. The summed E-state index contributed by atoms with van der Waals surface area (Å²) in [5.41, 5.74) is 1.74. The molecule has 0 saturated carbocycles. The summed E-state index contributed by atoms with van der Waals surface area (Å²) in [7, 11) is 1.89. The molecule has 0 aliphatic rings. The molecule has 2 rings (SSSR count). The van der Waals surface area contributed by atoms with Crippen molar-refractivity contribution in [1.82, 2.24) is 15.3 Å². The molecule has 1 unspecified atom stereocenters. The molecule has 84 valence electrons. The van der Waals surface area contributed by atoms with Gasteiger partial charge in [0.25, 0.3) is 0 Å². The Morgan fingerprint density at radius 1 is 1.31 bits per heavy atom. The number of nitrogens with one attached hydrogen (secondary N) is 1. The Morgan fingerprint density at radius 2 is 2.06 bits per heavy atom. The van der Waals surface area contributed by atoms with E-state index in [1.165, 1.54) is 0 Å². The second-order valence-electron chi connectivity index (χ2n) is 3.68. The van der Waals surface area contributed by atoms with Crippen LogP contribution in [0.25, 0.3) is 11.0 Å². The molecule has 4 nitrogen and oxygen atoms in total. The third-order valence-electron chi connectivity index (χ3n) is 2.24. The second kappa shape index (κ2) is 4.90. The zero-order valence-electron chi connectivity index (χ0n) is 9.47. The van der Waals surface area contributed by atoms with Crippen molar-refractivity contribution in [3.05, 3.63) is 30.5 Å². The zero-order chi connectivity index (χ0) is 11.4. The number of hydrogen-bond acceptors (Lipinski definition) is 4. The number of ether oxygens (including phenoxy) is 1. The number of benzene rings is 1. The highest BCUT2D eigenvalue weighted by molar-refractivity contribution is 5.73. The Bertz CT molecular complexity index is 473. The van der Waals surface area contributed by atoms with Gasteiger partial charge in [0, 0.05) is 6.54 Å². The van der Waals surface area contributed by atoms with Gasteiger partial charge in [-0.25, -0.2) is 9.97 Å². The molecule has 0 aliphatic carbocycles. The minimum Gasteiger partial charge on any atom is -0.472 e. The topological polar surface area (TPSA) is 47.0 Å². The number of fused-ring (bicyclic) bond motifs is 1. The summed E-state index contributed by atoms with van der Waals surface area (Å²) in [6, 6.07) is 7.75. The number of hydrogen-bond donors (Lipinski definition) is 1. The lowest BCUT2D eigenvalue weighted by Crippen LogP contribution is -2.26. The molecular weight excluding hydrogens is 202 g/mol. The number of aromatic nitrogens is 2. The normalized spacial score (nSPS) is 12.6. The van der Waals surface area contributed by atoms with Crippen LogP contribution in [0.3, 0.4) is 0 Å². The van der Waals surface area contributed by atoms with Crippen LogP contribution in [0.1, 0.15) is 6.92 Å². The fourth-order valence-electron chi connectivity index (χ4n) is 1.53. The van der Waals surface area contributed by atoms with Gasteiger partial charge in [0.15, 0.2) is 0 Å². The van der Waals surface area contributed by atoms with Gasteiger partial charge in [0.05, 0.1) is 17.2 Å². The van der Waals surface area contributed by atoms with Gasteiger partial charge in [-0.05, 0) is 26.1 Å². The summed E-state index contributed by atoms with van der Waals surface area (Å²) >= 11 is 0. The van der Waals surface area contributed by atoms with Crippen molar-refractivity contribution in [1.29, 1.82) is 0 Å². The van der Waals surface area contributed by atoms with E-state index in [1.54, 1.807) is 6.20 Å². The van der Waals surface area contributed by atoms with Gasteiger partial charge in [0.1, 0.15) is 6.10 Å². The summed E-state index contributed by atoms with van der Waals surface area (Å²) < 4.78 is 5.63. The average molecular weight is 217 g/mol. The highest BCUT2D eigenvalue weighted by Gasteiger charge is 2.04. The number of nitrogens with zero attached hydrogens (tertiary/aromatic N) is 2. The molecular formula is C12H15N3O. The summed E-state index contributed by atoms with van der Waals surface area (Å²) in [4.78, 5) is 8.67. The molecule has 1 heterocycles. The van der Waals surface area contributed by atoms with E-state index in [-0.39, 0.29) is 6.10 Å². The van der Waals surface area contributed by atoms with Crippen LogP contribution in [0.4, 0.5) is 0 Å². The molecule has 0 spiro atoms. The molecule has 0 radical (unpaired) electrons. The standard InChI is InChI=1S/C12H15N3O/c1-9(7-13-2)16-12-8-14-10-5-3-4-6-11(10)15-12/h3-6,8-9,13H,7H2,1-2H3. The average Bonchev–Trinajstić information content (AvgIpc) is 2.29. The van der Waals surface area contributed by atoms with E-state index in [2.05, 4.69) is 15.3 Å². The summed E-state index contributed by atoms with van der Waals surface area (Å²) in [6.45, 7) is 2.78. The Hall–Kier alpha value is -1.68. The summed E-state index contributed by atoms with van der Waals surface area (Å²) in [5.74, 6) is 0.571. The SMILES string of the molecule is CNCC(C)Oc1cnc2ccccc2n1. The van der Waals surface area contributed by atoms with E-state index in [0.717, 1.165) is 17.6 Å². The third-order valence-corrected chi connectivity index (χ3v) is 2.24. The van der Waals surface area contributed by atoms with Crippen LogP contribution in [0, 0.1) is 0 Å². The van der Waals surface area contributed by atoms with Crippen LogP contribution in [0.15, 0.2) is 30.5 Å². The van der Waals surface area contributed by atoms with Crippen molar-refractivity contribution in [2.75, 3.05) is 13.6 Å². The monoisotopic (exact) mass is 217 g/mol. The number of likely N-dealkylation sites (N-methyl/N-ethyl adjacent to an activating group) is 1. The molecule has 1 N–H and O–H groups in total. The van der Waals surface area contributed by atoms with Crippen molar-refractivity contribution in [2.24, 2.45) is 0 Å². The van der Waals surface area contributed by atoms with Gasteiger partial charge >= 0.3 is 0 Å². The molecule has 1 aromatic carbocycles. The first-order valence-electron chi connectivity index (χ1n) is 5.32. The van der Waals surface area contributed by atoms with E-state index in [4.69, 9.17) is 4.74 Å². The number of rotatable bonds is 4. The number of para-hydroxylation sites is 2. The third kappa shape index (κ3) is 2.46. The maximum atomic E-state index is 5.63. The van der Waals surface area contributed by atoms with Crippen molar-refractivity contribution < 1.29 is 4.74 Å². The first-order chi connectivity index (χ1) is 7.79. The molecule has 0 bridgehead atoms. The van der Waals surface area contributed by atoms with Crippen molar-refractivity contribution in [3.8, 4) is 5.88 Å². The minimum atomic E-state index is 0.0838. The lowest BCUT2D eigenvalue weighted by Gasteiger charge is -2.12. The molecule has 16 heavy (non-hydrogen) atoms. The molecule has 2 aromatic rings. The lowest BCUT2D eigenvalue weighted by atomic mass is 10.3. The van der Waals surface area contributed by atoms with Crippen LogP contribution >= 0.6 is 0 Å². The van der Waals surface area contributed by atoms with E-state index < -0.39 is 0 Å². The van der Waals surface area contributed by atoms with E-state index in [9.17, 15) is 0 Å². The van der Waals surface area contributed by atoms with Gasteiger partial charge < -0.3 is 10.1 Å². The van der Waals surface area contributed by atoms with Crippen molar-refractivity contribution in [2.45, 2.75) is 13.0 Å². The van der Waals surface area contributed by atoms with Crippen LogP contribution in [0.2, 0.25) is 0 Å². The Labute approximate surface area is 94.7 Å². The molecule has 0 saturated heterocycles. The van der Waals surface area contributed by atoms with E-state index in [0.29, 0.717) is 5.88 Å². The molecule has 0 amide bonds. The summed E-state index contributed by atoms with van der Waals surface area (Å²) in [6.07, 6.45) is 1.74. The van der Waals surface area contributed by atoms with Gasteiger partial charge in [-0.2, -0.15) is 0 Å². The molecule has 0 fully saturated rings. The maximum absolute atomic E-state index is 5.63. The van der Waals surface area contributed by atoms with E-state index in [1.807, 2.05) is 38.2 Å². The van der Waals surface area contributed by atoms with Crippen LogP contribution in [-0.4, -0.2) is 29.7 Å². The predicted molar refractivity (Wildman–Crippen MR) is 63.6 cm³/mol. The predicted octanol–water partition coefficient (Wildman–Crippen LogP) is 1.62. The maximum Gasteiger partial charge on any atom is 0.233 e.